The summed E-state index contributed by atoms with van der Waals surface area (Å²) in [6, 6.07) is 0. The molecule has 0 aliphatic carbocycles. The Bertz CT molecular complexity index is 781. The van der Waals surface area contributed by atoms with Crippen molar-refractivity contribution < 1.29 is 28.6 Å². The van der Waals surface area contributed by atoms with Crippen molar-refractivity contribution in [1.29, 1.82) is 0 Å². The van der Waals surface area contributed by atoms with Crippen LogP contribution in [0.1, 0.15) is 252 Å². The van der Waals surface area contributed by atoms with E-state index in [1.807, 2.05) is 0 Å². The lowest BCUT2D eigenvalue weighted by molar-refractivity contribution is -0.167. The van der Waals surface area contributed by atoms with Crippen LogP contribution in [0.25, 0.3) is 0 Å². The molecule has 0 bridgehead atoms. The number of hydrogen-bond donors (Lipinski definition) is 0. The third-order valence-corrected chi connectivity index (χ3v) is 10.3. The lowest BCUT2D eigenvalue weighted by Crippen LogP contribution is -2.30. The van der Waals surface area contributed by atoms with E-state index in [1.54, 1.807) is 0 Å². The third kappa shape index (κ3) is 39.6. The molecule has 308 valence electrons. The Morgan fingerprint density at radius 2 is 0.635 bits per heavy atom. The Morgan fingerprint density at radius 1 is 0.365 bits per heavy atom. The largest absolute Gasteiger partial charge is 0.462 e. The quantitative estimate of drug-likeness (QED) is 0.0353. The van der Waals surface area contributed by atoms with Gasteiger partial charge in [0, 0.05) is 19.3 Å². The molecule has 0 aromatic heterocycles. The molecular formula is C46H88O6. The van der Waals surface area contributed by atoms with Gasteiger partial charge >= 0.3 is 17.9 Å². The molecule has 0 aliphatic heterocycles. The van der Waals surface area contributed by atoms with Crippen LogP contribution in [0, 0.1) is 5.92 Å². The Hall–Kier alpha value is -1.59. The minimum atomic E-state index is -0.757. The standard InChI is InChI=1S/C46H88O6/c1-5-7-9-11-12-13-19-23-26-30-33-37-44(47)50-40-43(52-46(49)39-35-28-10-8-6-2)41-51-45(48)38-34-31-27-24-21-18-16-14-15-17-20-22-25-29-32-36-42(3)4/h42-43H,5-41H2,1-4H3/t43-/m0/s1. The molecule has 0 aromatic carbocycles. The average Bonchev–Trinajstić information content (AvgIpc) is 3.12. The highest BCUT2D eigenvalue weighted by molar-refractivity contribution is 5.71. The normalized spacial score (nSPS) is 11.9. The number of ether oxygens (including phenoxy) is 3. The molecule has 0 fully saturated rings. The van der Waals surface area contributed by atoms with Crippen molar-refractivity contribution in [2.24, 2.45) is 5.92 Å². The second-order valence-electron chi connectivity index (χ2n) is 16.2. The van der Waals surface area contributed by atoms with Crippen LogP contribution >= 0.6 is 0 Å². The Morgan fingerprint density at radius 3 is 0.942 bits per heavy atom. The zero-order valence-corrected chi connectivity index (χ0v) is 35.3. The smallest absolute Gasteiger partial charge is 0.306 e. The van der Waals surface area contributed by atoms with Crippen LogP contribution < -0.4 is 0 Å². The number of rotatable bonds is 41. The SMILES string of the molecule is CCCCCCCCCCCCCC(=O)OC[C@@H](COC(=O)CCCCCCCCCCCCCCCCCC(C)C)OC(=O)CCCCCCC. The molecule has 52 heavy (non-hydrogen) atoms. The monoisotopic (exact) mass is 737 g/mol. The summed E-state index contributed by atoms with van der Waals surface area (Å²) in [5, 5.41) is 0. The van der Waals surface area contributed by atoms with Crippen LogP contribution in [-0.4, -0.2) is 37.2 Å². The van der Waals surface area contributed by atoms with Crippen molar-refractivity contribution in [3.63, 3.8) is 0 Å². The molecule has 6 heteroatoms. The summed E-state index contributed by atoms with van der Waals surface area (Å²) in [6.07, 6.45) is 39.8. The first-order valence-electron chi connectivity index (χ1n) is 22.9. The summed E-state index contributed by atoms with van der Waals surface area (Å²) < 4.78 is 16.6. The van der Waals surface area contributed by atoms with Gasteiger partial charge in [-0.05, 0) is 25.2 Å². The summed E-state index contributed by atoms with van der Waals surface area (Å²) in [5.74, 6) is -0.0197. The first-order valence-corrected chi connectivity index (χ1v) is 22.9. The summed E-state index contributed by atoms with van der Waals surface area (Å²) in [6.45, 7) is 8.93. The van der Waals surface area contributed by atoms with Gasteiger partial charge in [-0.15, -0.1) is 0 Å². The molecule has 6 nitrogen and oxygen atoms in total. The van der Waals surface area contributed by atoms with Gasteiger partial charge in [-0.1, -0.05) is 214 Å². The van der Waals surface area contributed by atoms with Gasteiger partial charge in [0.05, 0.1) is 0 Å². The van der Waals surface area contributed by atoms with Gasteiger partial charge in [0.1, 0.15) is 13.2 Å². The van der Waals surface area contributed by atoms with Crippen LogP contribution in [0.3, 0.4) is 0 Å². The Balaban J connectivity index is 4.08. The van der Waals surface area contributed by atoms with Gasteiger partial charge in [0.15, 0.2) is 6.10 Å². The maximum atomic E-state index is 12.5. The van der Waals surface area contributed by atoms with E-state index >= 15 is 0 Å². The van der Waals surface area contributed by atoms with Crippen molar-refractivity contribution in [2.75, 3.05) is 13.2 Å². The molecule has 0 amide bonds. The highest BCUT2D eigenvalue weighted by atomic mass is 16.6. The van der Waals surface area contributed by atoms with Gasteiger partial charge in [-0.2, -0.15) is 0 Å². The predicted octanol–water partition coefficient (Wildman–Crippen LogP) is 14.3. The molecule has 0 radical (unpaired) electrons. The minimum Gasteiger partial charge on any atom is -0.462 e. The number of esters is 3. The molecule has 1 atom stereocenters. The second-order valence-corrected chi connectivity index (χ2v) is 16.2. The van der Waals surface area contributed by atoms with E-state index in [4.69, 9.17) is 14.2 Å². The molecule has 0 unspecified atom stereocenters. The number of carbonyl (C=O) groups excluding carboxylic acids is 3. The van der Waals surface area contributed by atoms with Crippen molar-refractivity contribution in [3.8, 4) is 0 Å². The van der Waals surface area contributed by atoms with E-state index in [-0.39, 0.29) is 31.1 Å². The first kappa shape index (κ1) is 50.4. The predicted molar refractivity (Wildman–Crippen MR) is 220 cm³/mol. The first-order chi connectivity index (χ1) is 25.4. The van der Waals surface area contributed by atoms with E-state index in [0.29, 0.717) is 19.3 Å². The zero-order chi connectivity index (χ0) is 38.2. The van der Waals surface area contributed by atoms with Crippen molar-refractivity contribution >= 4 is 17.9 Å². The fraction of sp³-hybridized carbons (Fsp3) is 0.935. The summed E-state index contributed by atoms with van der Waals surface area (Å²) in [4.78, 5) is 37.4. The number of unbranched alkanes of at least 4 members (excludes halogenated alkanes) is 28. The van der Waals surface area contributed by atoms with E-state index in [9.17, 15) is 14.4 Å². The lowest BCUT2D eigenvalue weighted by atomic mass is 10.0. The molecule has 0 rings (SSSR count). The van der Waals surface area contributed by atoms with Crippen LogP contribution in [0.2, 0.25) is 0 Å². The number of hydrogen-bond acceptors (Lipinski definition) is 6. The number of carbonyl (C=O) groups is 3. The van der Waals surface area contributed by atoms with Crippen LogP contribution in [0.15, 0.2) is 0 Å². The maximum absolute atomic E-state index is 12.5. The molecule has 0 aromatic rings. The summed E-state index contributed by atoms with van der Waals surface area (Å²) in [7, 11) is 0. The lowest BCUT2D eigenvalue weighted by Gasteiger charge is -2.18. The summed E-state index contributed by atoms with van der Waals surface area (Å²) in [5.41, 5.74) is 0. The molecule has 0 saturated carbocycles. The molecule has 0 saturated heterocycles. The second kappa shape index (κ2) is 40.6. The summed E-state index contributed by atoms with van der Waals surface area (Å²) >= 11 is 0. The third-order valence-electron chi connectivity index (χ3n) is 10.3. The van der Waals surface area contributed by atoms with E-state index in [2.05, 4.69) is 27.7 Å². The van der Waals surface area contributed by atoms with Gasteiger partial charge in [-0.25, -0.2) is 0 Å². The topological polar surface area (TPSA) is 78.9 Å². The average molecular weight is 737 g/mol. The van der Waals surface area contributed by atoms with Gasteiger partial charge < -0.3 is 14.2 Å². The molecule has 0 spiro atoms. The molecule has 0 aliphatic rings. The van der Waals surface area contributed by atoms with Crippen LogP contribution in [0.4, 0.5) is 0 Å². The molecule has 0 N–H and O–H groups in total. The van der Waals surface area contributed by atoms with Crippen LogP contribution in [0.5, 0.6) is 0 Å². The van der Waals surface area contributed by atoms with E-state index in [1.165, 1.54) is 141 Å². The maximum Gasteiger partial charge on any atom is 0.306 e. The Kier molecular flexibility index (Phi) is 39.4. The highest BCUT2D eigenvalue weighted by Gasteiger charge is 2.19. The zero-order valence-electron chi connectivity index (χ0n) is 35.3. The van der Waals surface area contributed by atoms with Gasteiger partial charge in [-0.3, -0.25) is 14.4 Å². The van der Waals surface area contributed by atoms with Gasteiger partial charge in [0.25, 0.3) is 0 Å². The van der Waals surface area contributed by atoms with Crippen molar-refractivity contribution in [3.05, 3.63) is 0 Å². The Labute approximate surface area is 323 Å². The molecular weight excluding hydrogens is 649 g/mol. The fourth-order valence-corrected chi connectivity index (χ4v) is 6.80. The van der Waals surface area contributed by atoms with Crippen molar-refractivity contribution in [1.82, 2.24) is 0 Å². The highest BCUT2D eigenvalue weighted by Crippen LogP contribution is 2.16. The van der Waals surface area contributed by atoms with E-state index in [0.717, 1.165) is 70.1 Å². The van der Waals surface area contributed by atoms with Crippen molar-refractivity contribution in [2.45, 2.75) is 259 Å². The molecule has 0 heterocycles. The van der Waals surface area contributed by atoms with Crippen LogP contribution in [-0.2, 0) is 28.6 Å². The van der Waals surface area contributed by atoms with Gasteiger partial charge in [0.2, 0.25) is 0 Å². The fourth-order valence-electron chi connectivity index (χ4n) is 6.80. The minimum absolute atomic E-state index is 0.0650. The van der Waals surface area contributed by atoms with E-state index < -0.39 is 6.10 Å².